The molecule has 154 valence electrons. The van der Waals surface area contributed by atoms with Crippen molar-refractivity contribution in [3.8, 4) is 17.2 Å². The zero-order chi connectivity index (χ0) is 22.1. The maximum atomic E-state index is 12.8. The normalized spacial score (nSPS) is 11.0. The molecule has 3 rings (SSSR count). The number of aromatic nitrogens is 1. The van der Waals surface area contributed by atoms with Gasteiger partial charge in [-0.05, 0) is 42.0 Å². The maximum Gasteiger partial charge on any atom is 0.264 e. The molecule has 0 aliphatic heterocycles. The van der Waals surface area contributed by atoms with Gasteiger partial charge in [-0.15, -0.1) is 0 Å². The number of benzene rings is 2. The van der Waals surface area contributed by atoms with E-state index in [1.807, 2.05) is 49.3 Å². The molecule has 0 amide bonds. The largest absolute Gasteiger partial charge is 0.383 e. The van der Waals surface area contributed by atoms with Crippen molar-refractivity contribution in [3.63, 3.8) is 0 Å². The van der Waals surface area contributed by atoms with Crippen LogP contribution in [-0.2, 0) is 10.0 Å². The van der Waals surface area contributed by atoms with Crippen molar-refractivity contribution < 1.29 is 8.42 Å². The van der Waals surface area contributed by atoms with Crippen LogP contribution in [-0.4, -0.2) is 27.5 Å². The van der Waals surface area contributed by atoms with E-state index in [9.17, 15) is 13.7 Å². The van der Waals surface area contributed by atoms with Gasteiger partial charge in [0.15, 0.2) is 0 Å². The summed E-state index contributed by atoms with van der Waals surface area (Å²) in [7, 11) is -0.272. The predicted octanol–water partition coefficient (Wildman–Crippen LogP) is 4.38. The fourth-order valence-electron chi connectivity index (χ4n) is 2.78. The van der Waals surface area contributed by atoms with Crippen LogP contribution < -0.4 is 15.4 Å². The Balaban J connectivity index is 2.07. The SMILES string of the molecule is CN(C)c1ccc(-c2cc(NS(=O)(=O)c3cc(Cl)ccc3Cl)nc(N)c2C#N)cc1. The van der Waals surface area contributed by atoms with Crippen LogP contribution in [0, 0.1) is 11.3 Å². The molecule has 0 aliphatic carbocycles. The van der Waals surface area contributed by atoms with E-state index in [4.69, 9.17) is 28.9 Å². The number of sulfonamides is 1. The van der Waals surface area contributed by atoms with E-state index in [0.717, 1.165) is 5.69 Å². The quantitative estimate of drug-likeness (QED) is 0.582. The Kier molecular flexibility index (Phi) is 6.08. The predicted molar refractivity (Wildman–Crippen MR) is 120 cm³/mol. The minimum Gasteiger partial charge on any atom is -0.383 e. The standard InChI is InChI=1S/C20H17Cl2N5O2S/c1-27(2)14-6-3-12(4-7-14)15-10-19(25-20(24)16(15)11-23)26-30(28,29)18-9-13(21)5-8-17(18)22/h3-10H,1-2H3,(H3,24,25,26). The highest BCUT2D eigenvalue weighted by atomic mass is 35.5. The van der Waals surface area contributed by atoms with Gasteiger partial charge in [0, 0.05) is 30.4 Å². The molecule has 0 radical (unpaired) electrons. The molecule has 1 aromatic heterocycles. The lowest BCUT2D eigenvalue weighted by molar-refractivity contribution is 0.601. The van der Waals surface area contributed by atoms with Crippen molar-refractivity contribution in [1.82, 2.24) is 4.98 Å². The molecule has 2 aromatic carbocycles. The Labute approximate surface area is 184 Å². The average molecular weight is 462 g/mol. The number of hydrogen-bond acceptors (Lipinski definition) is 6. The highest BCUT2D eigenvalue weighted by Crippen LogP contribution is 2.32. The fraction of sp³-hybridized carbons (Fsp3) is 0.100. The zero-order valence-electron chi connectivity index (χ0n) is 16.0. The fourth-order valence-corrected chi connectivity index (χ4v) is 4.53. The number of nitrogens with zero attached hydrogens (tertiary/aromatic N) is 3. The first-order valence-corrected chi connectivity index (χ1v) is 10.8. The Morgan fingerprint density at radius 2 is 1.77 bits per heavy atom. The summed E-state index contributed by atoms with van der Waals surface area (Å²) < 4.78 is 28.0. The molecular weight excluding hydrogens is 445 g/mol. The topological polar surface area (TPSA) is 112 Å². The zero-order valence-corrected chi connectivity index (χ0v) is 18.3. The van der Waals surface area contributed by atoms with Gasteiger partial charge in [0.1, 0.15) is 28.2 Å². The molecule has 10 heteroatoms. The van der Waals surface area contributed by atoms with E-state index in [2.05, 4.69) is 9.71 Å². The molecule has 30 heavy (non-hydrogen) atoms. The first-order valence-electron chi connectivity index (χ1n) is 8.58. The monoisotopic (exact) mass is 461 g/mol. The van der Waals surface area contributed by atoms with Gasteiger partial charge < -0.3 is 10.6 Å². The lowest BCUT2D eigenvalue weighted by Crippen LogP contribution is -2.15. The summed E-state index contributed by atoms with van der Waals surface area (Å²) in [6.07, 6.45) is 0. The minimum atomic E-state index is -4.09. The number of pyridine rings is 1. The number of hydrogen-bond donors (Lipinski definition) is 2. The van der Waals surface area contributed by atoms with Crippen LogP contribution in [0.2, 0.25) is 10.0 Å². The molecule has 0 saturated heterocycles. The Morgan fingerprint density at radius 1 is 1.10 bits per heavy atom. The third-order valence-corrected chi connectivity index (χ3v) is 6.35. The van der Waals surface area contributed by atoms with Crippen molar-refractivity contribution in [3.05, 3.63) is 64.1 Å². The van der Waals surface area contributed by atoms with E-state index >= 15 is 0 Å². The molecule has 1 heterocycles. The number of nitrogens with one attached hydrogen (secondary N) is 1. The van der Waals surface area contributed by atoms with Crippen LogP contribution in [0.1, 0.15) is 5.56 Å². The van der Waals surface area contributed by atoms with Crippen LogP contribution in [0.25, 0.3) is 11.1 Å². The third-order valence-electron chi connectivity index (χ3n) is 4.28. The second-order valence-electron chi connectivity index (χ2n) is 6.55. The summed E-state index contributed by atoms with van der Waals surface area (Å²) in [6.45, 7) is 0. The smallest absolute Gasteiger partial charge is 0.264 e. The molecular formula is C20H17Cl2N5O2S. The molecule has 0 spiro atoms. The number of nitriles is 1. The summed E-state index contributed by atoms with van der Waals surface area (Å²) in [5, 5.41) is 9.75. The lowest BCUT2D eigenvalue weighted by atomic mass is 10.0. The number of halogens is 2. The van der Waals surface area contributed by atoms with E-state index in [1.54, 1.807) is 0 Å². The van der Waals surface area contributed by atoms with Gasteiger partial charge in [-0.3, -0.25) is 4.72 Å². The summed E-state index contributed by atoms with van der Waals surface area (Å²) in [5.41, 5.74) is 8.19. The molecule has 0 aliphatic rings. The highest BCUT2D eigenvalue weighted by molar-refractivity contribution is 7.92. The molecule has 3 N–H and O–H groups in total. The van der Waals surface area contributed by atoms with E-state index in [0.29, 0.717) is 11.1 Å². The molecule has 3 aromatic rings. The second kappa shape index (κ2) is 8.40. The van der Waals surface area contributed by atoms with E-state index in [1.165, 1.54) is 24.3 Å². The van der Waals surface area contributed by atoms with Gasteiger partial charge in [-0.1, -0.05) is 35.3 Å². The molecule has 0 fully saturated rings. The van der Waals surface area contributed by atoms with E-state index in [-0.39, 0.29) is 32.1 Å². The van der Waals surface area contributed by atoms with Crippen LogP contribution in [0.5, 0.6) is 0 Å². The van der Waals surface area contributed by atoms with Gasteiger partial charge in [0.2, 0.25) is 0 Å². The van der Waals surface area contributed by atoms with Gasteiger partial charge in [0.05, 0.1) is 5.02 Å². The number of nitrogen functional groups attached to an aromatic ring is 1. The molecule has 0 atom stereocenters. The van der Waals surface area contributed by atoms with Crippen LogP contribution in [0.15, 0.2) is 53.4 Å². The van der Waals surface area contributed by atoms with Gasteiger partial charge in [-0.25, -0.2) is 13.4 Å². The second-order valence-corrected chi connectivity index (χ2v) is 9.04. The van der Waals surface area contributed by atoms with Gasteiger partial charge >= 0.3 is 0 Å². The molecule has 0 unspecified atom stereocenters. The van der Waals surface area contributed by atoms with Crippen molar-refractivity contribution in [2.24, 2.45) is 0 Å². The summed E-state index contributed by atoms with van der Waals surface area (Å²) in [5.74, 6) is -0.143. The Bertz CT molecular complexity index is 1250. The number of anilines is 3. The van der Waals surface area contributed by atoms with E-state index < -0.39 is 10.0 Å². The van der Waals surface area contributed by atoms with Gasteiger partial charge in [0.25, 0.3) is 10.0 Å². The highest BCUT2D eigenvalue weighted by Gasteiger charge is 2.21. The van der Waals surface area contributed by atoms with Crippen molar-refractivity contribution in [1.29, 1.82) is 5.26 Å². The first-order chi connectivity index (χ1) is 14.1. The summed E-state index contributed by atoms with van der Waals surface area (Å²) >= 11 is 11.9. The van der Waals surface area contributed by atoms with Crippen molar-refractivity contribution >= 4 is 50.5 Å². The van der Waals surface area contributed by atoms with Gasteiger partial charge in [-0.2, -0.15) is 5.26 Å². The summed E-state index contributed by atoms with van der Waals surface area (Å²) in [4.78, 5) is 5.76. The average Bonchev–Trinajstić information content (AvgIpc) is 2.69. The third kappa shape index (κ3) is 4.44. The van der Waals surface area contributed by atoms with Crippen LogP contribution in [0.3, 0.4) is 0 Å². The maximum absolute atomic E-state index is 12.8. The van der Waals surface area contributed by atoms with Crippen molar-refractivity contribution in [2.75, 3.05) is 29.5 Å². The Morgan fingerprint density at radius 3 is 2.37 bits per heavy atom. The lowest BCUT2D eigenvalue weighted by Gasteiger charge is -2.15. The molecule has 0 bridgehead atoms. The van der Waals surface area contributed by atoms with Crippen molar-refractivity contribution in [2.45, 2.75) is 4.90 Å². The number of nitrogens with two attached hydrogens (primary N) is 1. The number of rotatable bonds is 5. The van der Waals surface area contributed by atoms with Crippen LogP contribution >= 0.6 is 23.2 Å². The molecule has 0 saturated carbocycles. The first kappa shape index (κ1) is 21.7. The Hall–Kier alpha value is -2.99. The minimum absolute atomic E-state index is 0.00742. The van der Waals surface area contributed by atoms with Crippen LogP contribution in [0.4, 0.5) is 17.3 Å². The summed E-state index contributed by atoms with van der Waals surface area (Å²) in [6, 6.07) is 15.0. The molecule has 7 nitrogen and oxygen atoms in total.